The Labute approximate surface area is 175 Å². The van der Waals surface area contributed by atoms with Gasteiger partial charge in [0.1, 0.15) is 0 Å². The van der Waals surface area contributed by atoms with Crippen molar-refractivity contribution in [2.75, 3.05) is 24.1 Å². The summed E-state index contributed by atoms with van der Waals surface area (Å²) in [5.41, 5.74) is 10.4. The second-order valence-corrected chi connectivity index (χ2v) is 8.17. The highest BCUT2D eigenvalue weighted by molar-refractivity contribution is 6.01. The van der Waals surface area contributed by atoms with Crippen LogP contribution in [0.15, 0.2) is 54.6 Å². The SMILES string of the molecule is Nc1cc2ccccc2nc1C1CCCN(C(=O)C2CC(=O)Nc3ccccc32)C1. The molecule has 30 heavy (non-hydrogen) atoms. The molecule has 2 aliphatic rings. The van der Waals surface area contributed by atoms with Crippen LogP contribution in [0.4, 0.5) is 11.4 Å². The second kappa shape index (κ2) is 7.44. The Morgan fingerprint density at radius 3 is 2.83 bits per heavy atom. The monoisotopic (exact) mass is 400 g/mol. The van der Waals surface area contributed by atoms with E-state index in [-0.39, 0.29) is 24.2 Å². The molecule has 1 aromatic heterocycles. The number of rotatable bonds is 2. The number of pyridine rings is 1. The maximum absolute atomic E-state index is 13.4. The van der Waals surface area contributed by atoms with E-state index in [1.807, 2.05) is 59.5 Å². The molecule has 2 atom stereocenters. The van der Waals surface area contributed by atoms with Crippen LogP contribution in [0.3, 0.4) is 0 Å². The van der Waals surface area contributed by atoms with Crippen molar-refractivity contribution in [2.45, 2.75) is 31.1 Å². The Kier molecular flexibility index (Phi) is 4.62. The van der Waals surface area contributed by atoms with Crippen LogP contribution in [0.1, 0.15) is 42.4 Å². The molecule has 6 nitrogen and oxygen atoms in total. The number of anilines is 2. The van der Waals surface area contributed by atoms with E-state index in [0.29, 0.717) is 18.8 Å². The van der Waals surface area contributed by atoms with Gasteiger partial charge in [-0.2, -0.15) is 0 Å². The first-order valence-corrected chi connectivity index (χ1v) is 10.4. The first kappa shape index (κ1) is 18.6. The predicted molar refractivity (Wildman–Crippen MR) is 117 cm³/mol. The van der Waals surface area contributed by atoms with Crippen molar-refractivity contribution in [2.24, 2.45) is 0 Å². The number of nitrogens with two attached hydrogens (primary N) is 1. The number of para-hydroxylation sites is 2. The summed E-state index contributed by atoms with van der Waals surface area (Å²) in [7, 11) is 0. The summed E-state index contributed by atoms with van der Waals surface area (Å²) >= 11 is 0. The summed E-state index contributed by atoms with van der Waals surface area (Å²) in [6, 6.07) is 17.5. The van der Waals surface area contributed by atoms with Crippen LogP contribution in [0.5, 0.6) is 0 Å². The quantitative estimate of drug-likeness (QED) is 0.687. The molecule has 1 saturated heterocycles. The van der Waals surface area contributed by atoms with E-state index in [2.05, 4.69) is 5.32 Å². The lowest BCUT2D eigenvalue weighted by atomic mass is 9.87. The lowest BCUT2D eigenvalue weighted by Gasteiger charge is -2.36. The van der Waals surface area contributed by atoms with Gasteiger partial charge in [0.25, 0.3) is 0 Å². The van der Waals surface area contributed by atoms with Crippen LogP contribution in [-0.2, 0) is 9.59 Å². The van der Waals surface area contributed by atoms with Gasteiger partial charge in [0.05, 0.1) is 22.8 Å². The number of likely N-dealkylation sites (tertiary alicyclic amines) is 1. The third kappa shape index (κ3) is 3.28. The summed E-state index contributed by atoms with van der Waals surface area (Å²) in [4.78, 5) is 32.3. The van der Waals surface area contributed by atoms with Crippen LogP contribution in [-0.4, -0.2) is 34.8 Å². The zero-order chi connectivity index (χ0) is 20.7. The maximum atomic E-state index is 13.4. The molecular formula is C24H24N4O2. The minimum absolute atomic E-state index is 0.0151. The summed E-state index contributed by atoms with van der Waals surface area (Å²) in [5, 5.41) is 3.89. The van der Waals surface area contributed by atoms with E-state index in [1.165, 1.54) is 0 Å². The molecule has 5 rings (SSSR count). The van der Waals surface area contributed by atoms with Gasteiger partial charge in [-0.05, 0) is 36.6 Å². The molecule has 3 aromatic rings. The van der Waals surface area contributed by atoms with Crippen LogP contribution in [0.25, 0.3) is 10.9 Å². The third-order valence-corrected chi connectivity index (χ3v) is 6.20. The summed E-state index contributed by atoms with van der Waals surface area (Å²) in [6.07, 6.45) is 2.03. The van der Waals surface area contributed by atoms with E-state index in [1.54, 1.807) is 0 Å². The third-order valence-electron chi connectivity index (χ3n) is 6.20. The van der Waals surface area contributed by atoms with E-state index in [4.69, 9.17) is 10.7 Å². The van der Waals surface area contributed by atoms with Crippen LogP contribution >= 0.6 is 0 Å². The molecule has 1 fully saturated rings. The first-order chi connectivity index (χ1) is 14.6. The van der Waals surface area contributed by atoms with Crippen LogP contribution < -0.4 is 11.1 Å². The number of piperidine rings is 1. The fourth-order valence-electron chi connectivity index (χ4n) is 4.73. The van der Waals surface area contributed by atoms with Gasteiger partial charge in [-0.25, -0.2) is 0 Å². The van der Waals surface area contributed by atoms with Gasteiger partial charge in [0.2, 0.25) is 11.8 Å². The summed E-state index contributed by atoms with van der Waals surface area (Å²) in [5.74, 6) is -0.432. The fourth-order valence-corrected chi connectivity index (χ4v) is 4.73. The molecule has 3 heterocycles. The standard InChI is InChI=1S/C24H24N4O2/c25-19-12-15-6-1-3-9-20(15)27-23(19)16-7-5-11-28(14-16)24(30)18-13-22(29)26-21-10-4-2-8-17(18)21/h1-4,6,8-10,12,16,18H,5,7,11,13-14,25H2,(H,26,29). The van der Waals surface area contributed by atoms with Gasteiger partial charge in [-0.1, -0.05) is 36.4 Å². The molecule has 6 heteroatoms. The Hall–Kier alpha value is -3.41. The van der Waals surface area contributed by atoms with E-state index in [9.17, 15) is 9.59 Å². The Morgan fingerprint density at radius 2 is 1.93 bits per heavy atom. The van der Waals surface area contributed by atoms with Gasteiger partial charge in [-0.15, -0.1) is 0 Å². The van der Waals surface area contributed by atoms with Gasteiger partial charge < -0.3 is 16.0 Å². The fraction of sp³-hybridized carbons (Fsp3) is 0.292. The Balaban J connectivity index is 1.42. The van der Waals surface area contributed by atoms with Crippen molar-refractivity contribution in [1.82, 2.24) is 9.88 Å². The highest BCUT2D eigenvalue weighted by atomic mass is 16.2. The van der Waals surface area contributed by atoms with E-state index >= 15 is 0 Å². The van der Waals surface area contributed by atoms with Crippen molar-refractivity contribution < 1.29 is 9.59 Å². The molecule has 3 N–H and O–H groups in total. The number of fused-ring (bicyclic) bond motifs is 2. The number of carbonyl (C=O) groups excluding carboxylic acids is 2. The van der Waals surface area contributed by atoms with Gasteiger partial charge in [0, 0.05) is 36.5 Å². The highest BCUT2D eigenvalue weighted by Gasteiger charge is 2.36. The molecule has 0 saturated carbocycles. The van der Waals surface area contributed by atoms with Crippen molar-refractivity contribution in [3.05, 3.63) is 65.9 Å². The smallest absolute Gasteiger partial charge is 0.230 e. The van der Waals surface area contributed by atoms with Crippen molar-refractivity contribution in [1.29, 1.82) is 0 Å². The number of carbonyl (C=O) groups is 2. The maximum Gasteiger partial charge on any atom is 0.230 e. The molecule has 0 radical (unpaired) electrons. The van der Waals surface area contributed by atoms with E-state index in [0.717, 1.165) is 40.7 Å². The summed E-state index contributed by atoms with van der Waals surface area (Å²) < 4.78 is 0. The number of benzene rings is 2. The first-order valence-electron chi connectivity index (χ1n) is 10.4. The minimum atomic E-state index is -0.435. The number of aromatic nitrogens is 1. The number of nitrogens with one attached hydrogen (secondary N) is 1. The van der Waals surface area contributed by atoms with Gasteiger partial charge in [-0.3, -0.25) is 14.6 Å². The lowest BCUT2D eigenvalue weighted by molar-refractivity contribution is -0.136. The zero-order valence-corrected chi connectivity index (χ0v) is 16.7. The predicted octanol–water partition coefficient (Wildman–Crippen LogP) is 3.65. The number of hydrogen-bond acceptors (Lipinski definition) is 4. The van der Waals surface area contributed by atoms with Crippen molar-refractivity contribution >= 4 is 34.1 Å². The second-order valence-electron chi connectivity index (χ2n) is 8.17. The number of nitrogens with zero attached hydrogens (tertiary/aromatic N) is 2. The zero-order valence-electron chi connectivity index (χ0n) is 16.7. The lowest BCUT2D eigenvalue weighted by Crippen LogP contribution is -2.43. The van der Waals surface area contributed by atoms with Gasteiger partial charge in [0.15, 0.2) is 0 Å². The van der Waals surface area contributed by atoms with E-state index < -0.39 is 5.92 Å². The minimum Gasteiger partial charge on any atom is -0.397 e. The molecule has 2 aliphatic heterocycles. The average Bonchev–Trinajstić information content (AvgIpc) is 2.77. The highest BCUT2D eigenvalue weighted by Crippen LogP contribution is 2.36. The van der Waals surface area contributed by atoms with Crippen LogP contribution in [0, 0.1) is 0 Å². The molecule has 0 aliphatic carbocycles. The number of amides is 2. The molecule has 0 spiro atoms. The topological polar surface area (TPSA) is 88.3 Å². The van der Waals surface area contributed by atoms with Crippen LogP contribution in [0.2, 0.25) is 0 Å². The average molecular weight is 400 g/mol. The normalized spacial score (nSPS) is 21.2. The largest absolute Gasteiger partial charge is 0.397 e. The molecule has 2 amide bonds. The summed E-state index contributed by atoms with van der Waals surface area (Å²) in [6.45, 7) is 1.28. The molecule has 0 bridgehead atoms. The molecular weight excluding hydrogens is 376 g/mol. The van der Waals surface area contributed by atoms with Crippen molar-refractivity contribution in [3.63, 3.8) is 0 Å². The van der Waals surface area contributed by atoms with Crippen molar-refractivity contribution in [3.8, 4) is 0 Å². The van der Waals surface area contributed by atoms with Gasteiger partial charge >= 0.3 is 0 Å². The molecule has 2 unspecified atom stereocenters. The molecule has 2 aromatic carbocycles. The Morgan fingerprint density at radius 1 is 1.13 bits per heavy atom. The molecule has 152 valence electrons. The Bertz CT molecular complexity index is 1140. The number of hydrogen-bond donors (Lipinski definition) is 2. The number of nitrogen functional groups attached to an aromatic ring is 1.